The van der Waals surface area contributed by atoms with Crippen LogP contribution in [-0.4, -0.2) is 68.8 Å². The van der Waals surface area contributed by atoms with Gasteiger partial charge in [0.05, 0.1) is 31.6 Å². The summed E-state index contributed by atoms with van der Waals surface area (Å²) < 4.78 is 20.7. The van der Waals surface area contributed by atoms with Crippen molar-refractivity contribution in [2.75, 3.05) is 56.9 Å². The average Bonchev–Trinajstić information content (AvgIpc) is 2.78. The second kappa shape index (κ2) is 26.0. The molecule has 0 fully saturated rings. The molecule has 0 unspecified atom stereocenters. The summed E-state index contributed by atoms with van der Waals surface area (Å²) in [6.45, 7) is 8.87. The molecule has 0 aliphatic rings. The number of rotatable bonds is 24. The van der Waals surface area contributed by atoms with Crippen LogP contribution in [0.2, 0.25) is 0 Å². The Bertz CT molecular complexity index is 416. The van der Waals surface area contributed by atoms with Crippen molar-refractivity contribution in [3.63, 3.8) is 0 Å². The third kappa shape index (κ3) is 23.5. The lowest BCUT2D eigenvalue weighted by atomic mass is 10.1. The number of esters is 2. The molecule has 10 heteroatoms. The summed E-state index contributed by atoms with van der Waals surface area (Å²) in [6, 6.07) is 0. The van der Waals surface area contributed by atoms with Crippen molar-refractivity contribution in [3.8, 4) is 0 Å². The molecule has 190 valence electrons. The van der Waals surface area contributed by atoms with Crippen LogP contribution in [0.5, 0.6) is 0 Å². The summed E-state index contributed by atoms with van der Waals surface area (Å²) in [6.07, 6.45) is 8.57. The van der Waals surface area contributed by atoms with Gasteiger partial charge >= 0.3 is 11.9 Å². The summed E-state index contributed by atoms with van der Waals surface area (Å²) in [7, 11) is 0. The van der Waals surface area contributed by atoms with Gasteiger partial charge in [0, 0.05) is 24.7 Å². The van der Waals surface area contributed by atoms with E-state index in [4.69, 9.17) is 18.9 Å². The Labute approximate surface area is 208 Å². The Morgan fingerprint density at radius 3 is 1.59 bits per heavy atom. The van der Waals surface area contributed by atoms with Gasteiger partial charge in [-0.3, -0.25) is 9.59 Å². The second-order valence-corrected chi connectivity index (χ2v) is 17.0. The molecular weight excluding hydrogens is 487 g/mol. The van der Waals surface area contributed by atoms with Crippen molar-refractivity contribution in [1.82, 2.24) is 0 Å². The first-order valence-corrected chi connectivity index (χ1v) is 17.9. The van der Waals surface area contributed by atoms with Crippen LogP contribution in [0.4, 0.5) is 0 Å². The fourth-order valence-corrected chi connectivity index (χ4v) is 12.9. The molecule has 6 nitrogen and oxygen atoms in total. The summed E-state index contributed by atoms with van der Waals surface area (Å²) in [4.78, 5) is 23.7. The highest BCUT2D eigenvalue weighted by atomic mass is 33.4. The molecule has 0 aromatic carbocycles. The van der Waals surface area contributed by atoms with Gasteiger partial charge in [-0.2, -0.15) is 0 Å². The number of hydrogen-bond acceptors (Lipinski definition) is 9. The molecular formula is C22H43O6PS3. The van der Waals surface area contributed by atoms with E-state index in [9.17, 15) is 9.59 Å². The third-order valence-electron chi connectivity index (χ3n) is 4.09. The molecule has 0 radical (unpaired) electrons. The topological polar surface area (TPSA) is 71.1 Å². The zero-order valence-electron chi connectivity index (χ0n) is 20.1. The summed E-state index contributed by atoms with van der Waals surface area (Å²) in [5.41, 5.74) is -0.402. The molecule has 0 heterocycles. The van der Waals surface area contributed by atoms with E-state index in [2.05, 4.69) is 6.92 Å². The molecule has 0 N–H and O–H groups in total. The summed E-state index contributed by atoms with van der Waals surface area (Å²) in [5, 5.41) is 0. The Morgan fingerprint density at radius 1 is 0.625 bits per heavy atom. The molecule has 0 spiro atoms. The number of hydrogen-bond donors (Lipinski definition) is 0. The van der Waals surface area contributed by atoms with Crippen LogP contribution in [-0.2, 0) is 28.5 Å². The van der Waals surface area contributed by atoms with Gasteiger partial charge in [0.2, 0.25) is 0 Å². The van der Waals surface area contributed by atoms with Gasteiger partial charge in [0.1, 0.15) is 13.2 Å². The van der Waals surface area contributed by atoms with Crippen molar-refractivity contribution in [2.45, 2.75) is 72.1 Å². The number of carbonyl (C=O) groups excluding carboxylic acids is 2. The molecule has 32 heavy (non-hydrogen) atoms. The largest absolute Gasteiger partial charge is 0.463 e. The zero-order chi connectivity index (χ0) is 23.7. The standard InChI is InChI=1S/C22H43O6PS3/c1-4-7-8-9-10-11-18-30-29(31-19-12-21(23)27-16-14-25-5-2)32-20-13-22(24)28-17-15-26-6-3/h4-20H2,1-3H3. The minimum absolute atomic E-state index is 0.170. The first-order valence-electron chi connectivity index (χ1n) is 11.8. The van der Waals surface area contributed by atoms with Gasteiger partial charge in [-0.05, 0) is 26.0 Å². The maximum atomic E-state index is 11.9. The van der Waals surface area contributed by atoms with Crippen molar-refractivity contribution < 1.29 is 28.5 Å². The SMILES string of the molecule is CCCCCCCCSP(SCCC(=O)OCCOCC)SCCC(=O)OCCOCC. The molecule has 0 bridgehead atoms. The fourth-order valence-electron chi connectivity index (χ4n) is 2.40. The van der Waals surface area contributed by atoms with Gasteiger partial charge < -0.3 is 18.9 Å². The van der Waals surface area contributed by atoms with E-state index >= 15 is 0 Å². The Morgan fingerprint density at radius 2 is 1.09 bits per heavy atom. The molecule has 0 aliphatic heterocycles. The highest BCUT2D eigenvalue weighted by Crippen LogP contribution is 2.70. The second-order valence-electron chi connectivity index (χ2n) is 6.83. The van der Waals surface area contributed by atoms with Gasteiger partial charge in [0.25, 0.3) is 0 Å². The number of ether oxygens (including phenoxy) is 4. The summed E-state index contributed by atoms with van der Waals surface area (Å²) in [5.74, 6) is 2.28. The number of carbonyl (C=O) groups is 2. The maximum absolute atomic E-state index is 11.9. The smallest absolute Gasteiger partial charge is 0.306 e. The Kier molecular flexibility index (Phi) is 26.2. The lowest BCUT2D eigenvalue weighted by Gasteiger charge is -2.15. The molecule has 0 aromatic heterocycles. The van der Waals surface area contributed by atoms with Crippen molar-refractivity contribution in [2.24, 2.45) is 0 Å². The molecule has 0 amide bonds. The monoisotopic (exact) mass is 530 g/mol. The predicted octanol–water partition coefficient (Wildman–Crippen LogP) is 6.71. The van der Waals surface area contributed by atoms with Crippen molar-refractivity contribution >= 4 is 51.6 Å². The Balaban J connectivity index is 4.12. The summed E-state index contributed by atoms with van der Waals surface area (Å²) >= 11 is 5.64. The van der Waals surface area contributed by atoms with E-state index < -0.39 is 5.53 Å². The first kappa shape index (κ1) is 32.3. The van der Waals surface area contributed by atoms with Gasteiger partial charge in [-0.15, -0.1) is 34.1 Å². The average molecular weight is 531 g/mol. The van der Waals surface area contributed by atoms with Crippen molar-refractivity contribution in [1.29, 1.82) is 0 Å². The van der Waals surface area contributed by atoms with Gasteiger partial charge in [-0.25, -0.2) is 0 Å². The van der Waals surface area contributed by atoms with Crippen molar-refractivity contribution in [3.05, 3.63) is 0 Å². The van der Waals surface area contributed by atoms with E-state index in [1.807, 2.05) is 48.0 Å². The molecule has 0 saturated heterocycles. The molecule has 0 atom stereocenters. The van der Waals surface area contributed by atoms with Crippen LogP contribution in [0.3, 0.4) is 0 Å². The van der Waals surface area contributed by atoms with E-state index in [0.29, 0.717) is 52.5 Å². The van der Waals surface area contributed by atoms with Crippen LogP contribution in [0.25, 0.3) is 0 Å². The quantitative estimate of drug-likeness (QED) is 0.0769. The molecule has 0 aliphatic carbocycles. The van der Waals surface area contributed by atoms with Gasteiger partial charge in [-0.1, -0.05) is 39.0 Å². The van der Waals surface area contributed by atoms with E-state index in [1.54, 1.807) is 0 Å². The van der Waals surface area contributed by atoms with E-state index in [1.165, 1.54) is 38.5 Å². The van der Waals surface area contributed by atoms with Crippen LogP contribution in [0, 0.1) is 0 Å². The maximum Gasteiger partial charge on any atom is 0.306 e. The van der Waals surface area contributed by atoms with Crippen LogP contribution in [0.15, 0.2) is 0 Å². The normalized spacial score (nSPS) is 11.1. The zero-order valence-corrected chi connectivity index (χ0v) is 23.5. The van der Waals surface area contributed by atoms with Crippen LogP contribution >= 0.6 is 39.7 Å². The Hall–Kier alpha value is 0.340. The van der Waals surface area contributed by atoms with Gasteiger partial charge in [0.15, 0.2) is 0 Å². The highest BCUT2D eigenvalue weighted by Gasteiger charge is 2.14. The minimum Gasteiger partial charge on any atom is -0.463 e. The predicted molar refractivity (Wildman–Crippen MR) is 142 cm³/mol. The number of unbranched alkanes of at least 4 members (excludes halogenated alkanes) is 5. The minimum atomic E-state index is -0.402. The highest BCUT2D eigenvalue weighted by molar-refractivity contribution is 9.12. The molecule has 0 aromatic rings. The lowest BCUT2D eigenvalue weighted by Crippen LogP contribution is -2.11. The molecule has 0 saturated carbocycles. The first-order chi connectivity index (χ1) is 15.6. The lowest BCUT2D eigenvalue weighted by molar-refractivity contribution is -0.145. The van der Waals surface area contributed by atoms with E-state index in [-0.39, 0.29) is 11.9 Å². The molecule has 0 rings (SSSR count). The van der Waals surface area contributed by atoms with E-state index in [0.717, 1.165) is 17.3 Å². The van der Waals surface area contributed by atoms with Crippen LogP contribution in [0.1, 0.15) is 72.1 Å². The fraction of sp³-hybridized carbons (Fsp3) is 0.909. The van der Waals surface area contributed by atoms with Crippen LogP contribution < -0.4 is 0 Å². The third-order valence-corrected chi connectivity index (χ3v) is 15.2.